The zero-order valence-electron chi connectivity index (χ0n) is 9.11. The van der Waals surface area contributed by atoms with E-state index in [2.05, 4.69) is 4.84 Å². The molecule has 0 bridgehead atoms. The molecule has 3 N–H and O–H groups in total. The van der Waals surface area contributed by atoms with Gasteiger partial charge >= 0.3 is 0 Å². The summed E-state index contributed by atoms with van der Waals surface area (Å²) < 4.78 is 25.8. The van der Waals surface area contributed by atoms with E-state index < -0.39 is 30.1 Å². The van der Waals surface area contributed by atoms with Gasteiger partial charge in [0.1, 0.15) is 11.6 Å². The summed E-state index contributed by atoms with van der Waals surface area (Å²) in [7, 11) is 0. The molecule has 0 aliphatic carbocycles. The van der Waals surface area contributed by atoms with E-state index in [1.54, 1.807) is 0 Å². The van der Waals surface area contributed by atoms with E-state index in [1.807, 2.05) is 5.48 Å². The maximum atomic E-state index is 13.2. The molecule has 8 heteroatoms. The van der Waals surface area contributed by atoms with Gasteiger partial charge < -0.3 is 5.73 Å². The number of nitrogens with two attached hydrogens (primary N) is 1. The smallest absolute Gasteiger partial charge is 0.253 e. The number of primary amides is 1. The largest absolute Gasteiger partial charge is 0.368 e. The van der Waals surface area contributed by atoms with Gasteiger partial charge in [-0.15, -0.1) is 11.8 Å². The van der Waals surface area contributed by atoms with Crippen LogP contribution >= 0.6 is 11.8 Å². The van der Waals surface area contributed by atoms with Crippen LogP contribution in [0.1, 0.15) is 0 Å². The highest BCUT2D eigenvalue weighted by Gasteiger charge is 2.08. The number of amides is 2. The number of rotatable bonds is 6. The van der Waals surface area contributed by atoms with Crippen LogP contribution in [0.4, 0.5) is 8.78 Å². The van der Waals surface area contributed by atoms with Gasteiger partial charge in [-0.1, -0.05) is 0 Å². The zero-order chi connectivity index (χ0) is 13.5. The molecule has 0 fully saturated rings. The maximum Gasteiger partial charge on any atom is 0.253 e. The Morgan fingerprint density at radius 1 is 1.39 bits per heavy atom. The van der Waals surface area contributed by atoms with Crippen molar-refractivity contribution in [2.24, 2.45) is 5.73 Å². The third-order valence-corrected chi connectivity index (χ3v) is 2.70. The standard InChI is InChI=1S/C10H10F2N2O3S/c11-6-1-2-8(7(12)3-6)18-5-10(16)14-17-4-9(13)15/h1-3H,4-5H2,(H2,13,15)(H,14,16). The molecule has 0 saturated heterocycles. The number of carbonyl (C=O) groups is 2. The van der Waals surface area contributed by atoms with Crippen LogP contribution in [0, 0.1) is 11.6 Å². The molecule has 1 aromatic rings. The average Bonchev–Trinajstić information content (AvgIpc) is 2.27. The summed E-state index contributed by atoms with van der Waals surface area (Å²) in [5.74, 6) is -2.86. The molecule has 1 rings (SSSR count). The van der Waals surface area contributed by atoms with Crippen LogP contribution in [-0.2, 0) is 14.4 Å². The molecule has 18 heavy (non-hydrogen) atoms. The average molecular weight is 276 g/mol. The molecule has 0 aliphatic rings. The summed E-state index contributed by atoms with van der Waals surface area (Å²) in [5.41, 5.74) is 6.73. The van der Waals surface area contributed by atoms with Crippen LogP contribution < -0.4 is 11.2 Å². The molecule has 0 atom stereocenters. The van der Waals surface area contributed by atoms with Gasteiger partial charge in [0.05, 0.1) is 5.75 Å². The lowest BCUT2D eigenvalue weighted by Gasteiger charge is -2.04. The van der Waals surface area contributed by atoms with Gasteiger partial charge in [0.15, 0.2) is 6.61 Å². The summed E-state index contributed by atoms with van der Waals surface area (Å²) in [5, 5.41) is 0. The van der Waals surface area contributed by atoms with E-state index in [9.17, 15) is 18.4 Å². The van der Waals surface area contributed by atoms with Crippen LogP contribution in [0.25, 0.3) is 0 Å². The van der Waals surface area contributed by atoms with Crippen molar-refractivity contribution >= 4 is 23.6 Å². The fourth-order valence-electron chi connectivity index (χ4n) is 0.953. The molecule has 98 valence electrons. The van der Waals surface area contributed by atoms with Crippen LogP contribution in [0.2, 0.25) is 0 Å². The normalized spacial score (nSPS) is 10.1. The summed E-state index contributed by atoms with van der Waals surface area (Å²) in [6.07, 6.45) is 0. The Morgan fingerprint density at radius 2 is 2.11 bits per heavy atom. The highest BCUT2D eigenvalue weighted by atomic mass is 32.2. The summed E-state index contributed by atoms with van der Waals surface area (Å²) in [6, 6.07) is 3.05. The Labute approximate surface area is 106 Å². The number of carbonyl (C=O) groups excluding carboxylic acids is 2. The first-order valence-electron chi connectivity index (χ1n) is 4.76. The molecule has 2 amide bonds. The van der Waals surface area contributed by atoms with Crippen LogP contribution in [0.15, 0.2) is 23.1 Å². The van der Waals surface area contributed by atoms with E-state index in [4.69, 9.17) is 5.73 Å². The Balaban J connectivity index is 2.36. The first kappa shape index (κ1) is 14.4. The summed E-state index contributed by atoms with van der Waals surface area (Å²) in [6.45, 7) is -0.443. The third kappa shape index (κ3) is 5.11. The Bertz CT molecular complexity index is 457. The highest BCUT2D eigenvalue weighted by Crippen LogP contribution is 2.21. The molecular weight excluding hydrogens is 266 g/mol. The summed E-state index contributed by atoms with van der Waals surface area (Å²) in [4.78, 5) is 26.1. The van der Waals surface area contributed by atoms with Crippen LogP contribution in [-0.4, -0.2) is 24.2 Å². The van der Waals surface area contributed by atoms with Crippen LogP contribution in [0.3, 0.4) is 0 Å². The van der Waals surface area contributed by atoms with Crippen molar-refractivity contribution in [2.75, 3.05) is 12.4 Å². The molecule has 5 nitrogen and oxygen atoms in total. The Hall–Kier alpha value is -1.67. The van der Waals surface area contributed by atoms with Crippen molar-refractivity contribution in [1.82, 2.24) is 5.48 Å². The van der Waals surface area contributed by atoms with Crippen LogP contribution in [0.5, 0.6) is 0 Å². The van der Waals surface area contributed by atoms with E-state index >= 15 is 0 Å². The third-order valence-electron chi connectivity index (χ3n) is 1.65. The number of hydrogen-bond acceptors (Lipinski definition) is 4. The van der Waals surface area contributed by atoms with Gasteiger partial charge in [-0.25, -0.2) is 14.3 Å². The second-order valence-electron chi connectivity index (χ2n) is 3.14. The van der Waals surface area contributed by atoms with Gasteiger partial charge in [0, 0.05) is 11.0 Å². The molecule has 0 aliphatic heterocycles. The van der Waals surface area contributed by atoms with E-state index in [-0.39, 0.29) is 10.6 Å². The molecule has 0 unspecified atom stereocenters. The number of hydroxylamine groups is 1. The second kappa shape index (κ2) is 6.92. The van der Waals surface area contributed by atoms with E-state index in [1.165, 1.54) is 6.07 Å². The molecule has 0 heterocycles. The van der Waals surface area contributed by atoms with Crippen molar-refractivity contribution in [3.63, 3.8) is 0 Å². The predicted molar refractivity (Wildman–Crippen MR) is 60.4 cm³/mol. The number of thioether (sulfide) groups is 1. The van der Waals surface area contributed by atoms with E-state index in [0.29, 0.717) is 0 Å². The minimum atomic E-state index is -0.745. The fraction of sp³-hybridized carbons (Fsp3) is 0.200. The Kier molecular flexibility index (Phi) is 5.53. The van der Waals surface area contributed by atoms with Crippen molar-refractivity contribution in [3.8, 4) is 0 Å². The summed E-state index contributed by atoms with van der Waals surface area (Å²) >= 11 is 0.873. The Morgan fingerprint density at radius 3 is 2.72 bits per heavy atom. The van der Waals surface area contributed by atoms with Gasteiger partial charge in [-0.05, 0) is 12.1 Å². The number of benzene rings is 1. The topological polar surface area (TPSA) is 81.4 Å². The van der Waals surface area contributed by atoms with Crippen molar-refractivity contribution in [3.05, 3.63) is 29.8 Å². The van der Waals surface area contributed by atoms with Crippen molar-refractivity contribution in [1.29, 1.82) is 0 Å². The molecule has 1 aromatic carbocycles. The maximum absolute atomic E-state index is 13.2. The number of halogens is 2. The molecular formula is C10H10F2N2O3S. The first-order valence-corrected chi connectivity index (χ1v) is 5.74. The monoisotopic (exact) mass is 276 g/mol. The number of hydrogen-bond donors (Lipinski definition) is 2. The lowest BCUT2D eigenvalue weighted by Crippen LogP contribution is -2.30. The SMILES string of the molecule is NC(=O)CONC(=O)CSc1ccc(F)cc1F. The molecule has 0 spiro atoms. The van der Waals surface area contributed by atoms with Crippen molar-refractivity contribution < 1.29 is 23.2 Å². The van der Waals surface area contributed by atoms with Crippen molar-refractivity contribution in [2.45, 2.75) is 4.90 Å². The zero-order valence-corrected chi connectivity index (χ0v) is 9.93. The quantitative estimate of drug-likeness (QED) is 0.588. The second-order valence-corrected chi connectivity index (χ2v) is 4.16. The minimum absolute atomic E-state index is 0.138. The van der Waals surface area contributed by atoms with E-state index in [0.717, 1.165) is 23.9 Å². The van der Waals surface area contributed by atoms with Gasteiger partial charge in [-0.2, -0.15) is 0 Å². The molecule has 0 aromatic heterocycles. The van der Waals surface area contributed by atoms with Gasteiger partial charge in [0.25, 0.3) is 5.91 Å². The van der Waals surface area contributed by atoms with Gasteiger partial charge in [-0.3, -0.25) is 14.4 Å². The fourth-order valence-corrected chi connectivity index (χ4v) is 1.66. The minimum Gasteiger partial charge on any atom is -0.368 e. The lowest BCUT2D eigenvalue weighted by molar-refractivity contribution is -0.135. The van der Waals surface area contributed by atoms with Gasteiger partial charge in [0.2, 0.25) is 5.91 Å². The molecule has 0 radical (unpaired) electrons. The molecule has 0 saturated carbocycles. The first-order chi connectivity index (χ1) is 8.49. The number of nitrogens with one attached hydrogen (secondary N) is 1. The highest BCUT2D eigenvalue weighted by molar-refractivity contribution is 8.00. The predicted octanol–water partition coefficient (Wildman–Crippen LogP) is 0.590. The lowest BCUT2D eigenvalue weighted by atomic mass is 10.3.